The molecule has 0 heterocycles. The molecule has 0 fully saturated rings. The topological polar surface area (TPSA) is 75.3 Å². The first kappa shape index (κ1) is 18.9. The second kappa shape index (κ2) is 8.06. The number of rotatable bonds is 7. The van der Waals surface area contributed by atoms with E-state index in [0.717, 1.165) is 25.0 Å². The van der Waals surface area contributed by atoms with Crippen LogP contribution in [0.5, 0.6) is 0 Å². The van der Waals surface area contributed by atoms with Crippen LogP contribution in [-0.4, -0.2) is 20.9 Å². The Kier molecular flexibility index (Phi) is 6.08. The van der Waals surface area contributed by atoms with Crippen LogP contribution in [0.4, 0.5) is 14.5 Å². The van der Waals surface area contributed by atoms with E-state index in [1.165, 1.54) is 24.3 Å². The predicted molar refractivity (Wildman–Crippen MR) is 90.8 cm³/mol. The molecule has 0 atom stereocenters. The highest BCUT2D eigenvalue weighted by molar-refractivity contribution is 7.92. The lowest BCUT2D eigenvalue weighted by atomic mass is 10.2. The molecule has 0 aliphatic heterocycles. The number of halogens is 2. The molecule has 2 rings (SSSR count). The Balaban J connectivity index is 2.22. The van der Waals surface area contributed by atoms with E-state index in [9.17, 15) is 22.0 Å². The number of hydrogen-bond acceptors (Lipinski definition) is 3. The summed E-state index contributed by atoms with van der Waals surface area (Å²) < 4.78 is 53.3. The lowest BCUT2D eigenvalue weighted by molar-refractivity contribution is 0.0953. The van der Waals surface area contributed by atoms with Gasteiger partial charge in [0.25, 0.3) is 15.9 Å². The number of hydrogen-bond donors (Lipinski definition) is 2. The Bertz CT molecular complexity index is 870. The third-order valence-corrected chi connectivity index (χ3v) is 4.76. The van der Waals surface area contributed by atoms with Crippen LogP contribution < -0.4 is 10.0 Å². The summed E-state index contributed by atoms with van der Waals surface area (Å²) in [6, 6.07) is 7.90. The molecule has 0 aromatic heterocycles. The maximum atomic E-state index is 13.6. The van der Waals surface area contributed by atoms with Crippen molar-refractivity contribution in [2.24, 2.45) is 0 Å². The second-order valence-electron chi connectivity index (χ2n) is 5.37. The summed E-state index contributed by atoms with van der Waals surface area (Å²) in [5.74, 6) is -2.23. The number of sulfonamides is 1. The Morgan fingerprint density at radius 3 is 2.56 bits per heavy atom. The molecule has 0 aliphatic carbocycles. The summed E-state index contributed by atoms with van der Waals surface area (Å²) in [5, 5.41) is 2.69. The summed E-state index contributed by atoms with van der Waals surface area (Å²) >= 11 is 0. The summed E-state index contributed by atoms with van der Waals surface area (Å²) in [5.41, 5.74) is -0.197. The molecular weight excluding hydrogens is 350 g/mol. The third kappa shape index (κ3) is 4.99. The molecule has 25 heavy (non-hydrogen) atoms. The standard InChI is InChI=1S/C17H18F2N2O3S/c1-2-3-9-20-17(22)12-5-4-6-14(10-12)25(23,24)21-16-8-7-13(18)11-15(16)19/h4-8,10-11,21H,2-3,9H2,1H3,(H,20,22). The van der Waals surface area contributed by atoms with Crippen molar-refractivity contribution >= 4 is 21.6 Å². The lowest BCUT2D eigenvalue weighted by Crippen LogP contribution is -2.24. The van der Waals surface area contributed by atoms with Gasteiger partial charge in [-0.3, -0.25) is 9.52 Å². The van der Waals surface area contributed by atoms with Crippen LogP contribution in [0.1, 0.15) is 30.1 Å². The summed E-state index contributed by atoms with van der Waals surface area (Å²) in [7, 11) is -4.12. The van der Waals surface area contributed by atoms with E-state index < -0.39 is 27.6 Å². The van der Waals surface area contributed by atoms with Gasteiger partial charge in [0, 0.05) is 18.2 Å². The molecule has 0 unspecified atom stereocenters. The SMILES string of the molecule is CCCCNC(=O)c1cccc(S(=O)(=O)Nc2ccc(F)cc2F)c1. The molecule has 2 aromatic rings. The Morgan fingerprint density at radius 2 is 1.88 bits per heavy atom. The van der Waals surface area contributed by atoms with Crippen LogP contribution in [0.3, 0.4) is 0 Å². The number of amides is 1. The van der Waals surface area contributed by atoms with Crippen LogP contribution in [0.15, 0.2) is 47.4 Å². The molecule has 134 valence electrons. The number of anilines is 1. The fourth-order valence-corrected chi connectivity index (χ4v) is 3.17. The molecule has 0 saturated carbocycles. The van der Waals surface area contributed by atoms with Gasteiger partial charge in [0.2, 0.25) is 0 Å². The van der Waals surface area contributed by atoms with Crippen molar-refractivity contribution in [3.05, 3.63) is 59.7 Å². The van der Waals surface area contributed by atoms with E-state index >= 15 is 0 Å². The molecule has 0 bridgehead atoms. The molecule has 0 radical (unpaired) electrons. The summed E-state index contributed by atoms with van der Waals surface area (Å²) in [6.07, 6.45) is 1.73. The van der Waals surface area contributed by atoms with Crippen LogP contribution in [0.25, 0.3) is 0 Å². The molecule has 8 heteroatoms. The Labute approximate surface area is 145 Å². The summed E-state index contributed by atoms with van der Waals surface area (Å²) in [6.45, 7) is 2.48. The van der Waals surface area contributed by atoms with Crippen LogP contribution >= 0.6 is 0 Å². The van der Waals surface area contributed by atoms with Crippen molar-refractivity contribution in [1.82, 2.24) is 5.32 Å². The highest BCUT2D eigenvalue weighted by Crippen LogP contribution is 2.20. The molecular formula is C17H18F2N2O3S. The Morgan fingerprint density at radius 1 is 1.12 bits per heavy atom. The van der Waals surface area contributed by atoms with Crippen molar-refractivity contribution in [2.45, 2.75) is 24.7 Å². The van der Waals surface area contributed by atoms with Crippen LogP contribution in [-0.2, 0) is 10.0 Å². The third-order valence-electron chi connectivity index (χ3n) is 3.40. The molecule has 1 amide bonds. The van der Waals surface area contributed by atoms with Crippen molar-refractivity contribution in [3.63, 3.8) is 0 Å². The fourth-order valence-electron chi connectivity index (χ4n) is 2.06. The first-order valence-electron chi connectivity index (χ1n) is 7.69. The zero-order valence-corrected chi connectivity index (χ0v) is 14.4. The first-order valence-corrected chi connectivity index (χ1v) is 9.18. The smallest absolute Gasteiger partial charge is 0.262 e. The van der Waals surface area contributed by atoms with Gasteiger partial charge in [-0.2, -0.15) is 0 Å². The summed E-state index contributed by atoms with van der Waals surface area (Å²) in [4.78, 5) is 11.8. The number of carbonyl (C=O) groups excluding carboxylic acids is 1. The van der Waals surface area contributed by atoms with E-state index in [1.54, 1.807) is 0 Å². The minimum absolute atomic E-state index is 0.179. The molecule has 0 saturated heterocycles. The van der Waals surface area contributed by atoms with Gasteiger partial charge in [0.05, 0.1) is 10.6 Å². The molecule has 0 spiro atoms. The van der Waals surface area contributed by atoms with Gasteiger partial charge in [-0.15, -0.1) is 0 Å². The monoisotopic (exact) mass is 368 g/mol. The minimum Gasteiger partial charge on any atom is -0.352 e. The van der Waals surface area contributed by atoms with E-state index in [-0.39, 0.29) is 16.1 Å². The Hall–Kier alpha value is -2.48. The zero-order valence-electron chi connectivity index (χ0n) is 13.6. The number of benzene rings is 2. The van der Waals surface area contributed by atoms with Crippen LogP contribution in [0, 0.1) is 11.6 Å². The van der Waals surface area contributed by atoms with E-state index in [4.69, 9.17) is 0 Å². The van der Waals surface area contributed by atoms with Crippen molar-refractivity contribution in [2.75, 3.05) is 11.3 Å². The molecule has 2 N–H and O–H groups in total. The van der Waals surface area contributed by atoms with Gasteiger partial charge in [-0.25, -0.2) is 17.2 Å². The van der Waals surface area contributed by atoms with E-state index in [0.29, 0.717) is 12.6 Å². The van der Waals surface area contributed by atoms with Gasteiger partial charge in [-0.1, -0.05) is 19.4 Å². The van der Waals surface area contributed by atoms with Gasteiger partial charge < -0.3 is 5.32 Å². The highest BCUT2D eigenvalue weighted by Gasteiger charge is 2.18. The zero-order chi connectivity index (χ0) is 18.4. The normalized spacial score (nSPS) is 11.2. The largest absolute Gasteiger partial charge is 0.352 e. The number of nitrogens with one attached hydrogen (secondary N) is 2. The average molecular weight is 368 g/mol. The maximum Gasteiger partial charge on any atom is 0.262 e. The average Bonchev–Trinajstić information content (AvgIpc) is 2.57. The quantitative estimate of drug-likeness (QED) is 0.737. The van der Waals surface area contributed by atoms with Gasteiger partial charge in [-0.05, 0) is 36.8 Å². The van der Waals surface area contributed by atoms with E-state index in [2.05, 4.69) is 5.32 Å². The van der Waals surface area contributed by atoms with Gasteiger partial charge >= 0.3 is 0 Å². The lowest BCUT2D eigenvalue weighted by Gasteiger charge is -2.10. The predicted octanol–water partition coefficient (Wildman–Crippen LogP) is 3.30. The second-order valence-corrected chi connectivity index (χ2v) is 7.05. The fraction of sp³-hybridized carbons (Fsp3) is 0.235. The first-order chi connectivity index (χ1) is 11.8. The molecule has 0 aliphatic rings. The van der Waals surface area contributed by atoms with Gasteiger partial charge in [0.1, 0.15) is 11.6 Å². The van der Waals surface area contributed by atoms with Crippen molar-refractivity contribution < 1.29 is 22.0 Å². The van der Waals surface area contributed by atoms with Crippen LogP contribution in [0.2, 0.25) is 0 Å². The van der Waals surface area contributed by atoms with Crippen molar-refractivity contribution in [3.8, 4) is 0 Å². The molecule has 2 aromatic carbocycles. The van der Waals surface area contributed by atoms with Crippen molar-refractivity contribution in [1.29, 1.82) is 0 Å². The van der Waals surface area contributed by atoms with Gasteiger partial charge in [0.15, 0.2) is 0 Å². The minimum atomic E-state index is -4.12. The molecule has 5 nitrogen and oxygen atoms in total. The highest BCUT2D eigenvalue weighted by atomic mass is 32.2. The number of unbranched alkanes of at least 4 members (excludes halogenated alkanes) is 1. The van der Waals surface area contributed by atoms with E-state index in [1.807, 2.05) is 11.6 Å². The number of carbonyl (C=O) groups is 1. The maximum absolute atomic E-state index is 13.6.